The Hall–Kier alpha value is -1.11. The molecule has 5 nitrogen and oxygen atoms in total. The van der Waals surface area contributed by atoms with Gasteiger partial charge in [0.15, 0.2) is 5.96 Å². The molecule has 0 saturated carbocycles. The molecule has 0 amide bonds. The van der Waals surface area contributed by atoms with Crippen LogP contribution in [0.25, 0.3) is 0 Å². The van der Waals surface area contributed by atoms with Crippen molar-refractivity contribution in [1.82, 2.24) is 15.6 Å². The van der Waals surface area contributed by atoms with E-state index >= 15 is 0 Å². The van der Waals surface area contributed by atoms with Crippen molar-refractivity contribution in [1.29, 1.82) is 0 Å². The van der Waals surface area contributed by atoms with Crippen molar-refractivity contribution < 1.29 is 22.0 Å². The van der Waals surface area contributed by atoms with E-state index in [1.54, 1.807) is 4.90 Å². The minimum atomic E-state index is -4.51. The van der Waals surface area contributed by atoms with Crippen LogP contribution in [0, 0.1) is 0 Å². The number of nitrogens with one attached hydrogen (secondary N) is 2. The third kappa shape index (κ3) is 7.09. The highest BCUT2D eigenvalue weighted by atomic mass is 127. The summed E-state index contributed by atoms with van der Waals surface area (Å²) in [5.41, 5.74) is -0.909. The number of aliphatic imine (C=N–C) groups is 1. The van der Waals surface area contributed by atoms with Crippen LogP contribution in [0.2, 0.25) is 5.02 Å². The standard InChI is InChI=1S/C15H19ClF5N5.HI/c1-2-22-14(24-7-12(17)18)25-10-3-4-26(8-10)13-11(16)5-9(6-23-13)15(19,20)21;/h5-6,10,12H,2-4,7-8H2,1H3,(H2,22,24,25);1H. The second kappa shape index (κ2) is 10.4. The van der Waals surface area contributed by atoms with Crippen molar-refractivity contribution in [2.24, 2.45) is 4.99 Å². The van der Waals surface area contributed by atoms with Gasteiger partial charge >= 0.3 is 6.18 Å². The normalized spacial score (nSPS) is 17.9. The Labute approximate surface area is 175 Å². The number of hydrogen-bond donors (Lipinski definition) is 2. The monoisotopic (exact) mass is 527 g/mol. The van der Waals surface area contributed by atoms with Gasteiger partial charge in [0.2, 0.25) is 0 Å². The fourth-order valence-corrected chi connectivity index (χ4v) is 2.85. The van der Waals surface area contributed by atoms with E-state index in [1.165, 1.54) is 0 Å². The zero-order valence-corrected chi connectivity index (χ0v) is 17.4. The molecule has 27 heavy (non-hydrogen) atoms. The van der Waals surface area contributed by atoms with Crippen LogP contribution >= 0.6 is 35.6 Å². The Balaban J connectivity index is 0.00000364. The fraction of sp³-hybridized carbons (Fsp3) is 0.600. The molecule has 0 spiro atoms. The van der Waals surface area contributed by atoms with Gasteiger partial charge in [0.25, 0.3) is 6.43 Å². The molecule has 1 atom stereocenters. The van der Waals surface area contributed by atoms with Crippen LogP contribution < -0.4 is 15.5 Å². The summed E-state index contributed by atoms with van der Waals surface area (Å²) in [6.45, 7) is 2.64. The summed E-state index contributed by atoms with van der Waals surface area (Å²) in [5.74, 6) is 0.532. The lowest BCUT2D eigenvalue weighted by atomic mass is 10.2. The van der Waals surface area contributed by atoms with Gasteiger partial charge in [-0.05, 0) is 19.4 Å². The number of pyridine rings is 1. The molecule has 1 fully saturated rings. The molecule has 0 radical (unpaired) electrons. The number of guanidine groups is 1. The number of aromatic nitrogens is 1. The van der Waals surface area contributed by atoms with Crippen LogP contribution in [0.4, 0.5) is 27.8 Å². The maximum absolute atomic E-state index is 12.7. The van der Waals surface area contributed by atoms with Crippen LogP contribution in [0.15, 0.2) is 17.3 Å². The van der Waals surface area contributed by atoms with Crippen LogP contribution in [-0.2, 0) is 6.18 Å². The summed E-state index contributed by atoms with van der Waals surface area (Å²) in [4.78, 5) is 9.37. The lowest BCUT2D eigenvalue weighted by Gasteiger charge is -2.21. The summed E-state index contributed by atoms with van der Waals surface area (Å²) in [7, 11) is 0. The Morgan fingerprint density at radius 2 is 2.15 bits per heavy atom. The van der Waals surface area contributed by atoms with Crippen molar-refractivity contribution in [3.63, 3.8) is 0 Å². The molecule has 0 aliphatic carbocycles. The molecule has 1 saturated heterocycles. The Kier molecular flexibility index (Phi) is 9.25. The Morgan fingerprint density at radius 1 is 1.44 bits per heavy atom. The molecule has 2 N–H and O–H groups in total. The predicted octanol–water partition coefficient (Wildman–Crippen LogP) is 3.77. The van der Waals surface area contributed by atoms with Crippen LogP contribution in [-0.4, -0.2) is 49.6 Å². The SMILES string of the molecule is CCNC(=NCC(F)F)NC1CCN(c2ncc(C(F)(F)F)cc2Cl)C1.I. The minimum Gasteiger partial charge on any atom is -0.357 e. The summed E-state index contributed by atoms with van der Waals surface area (Å²) in [6.07, 6.45) is -5.67. The van der Waals surface area contributed by atoms with Crippen LogP contribution in [0.3, 0.4) is 0 Å². The first-order valence-corrected chi connectivity index (χ1v) is 8.39. The van der Waals surface area contributed by atoms with Gasteiger partial charge in [0.1, 0.15) is 12.4 Å². The minimum absolute atomic E-state index is 0. The van der Waals surface area contributed by atoms with Crippen molar-refractivity contribution in [3.8, 4) is 0 Å². The predicted molar refractivity (Wildman–Crippen MR) is 105 cm³/mol. The summed E-state index contributed by atoms with van der Waals surface area (Å²) in [5, 5.41) is 5.83. The molecule has 2 rings (SSSR count). The number of hydrogen-bond acceptors (Lipinski definition) is 3. The average Bonchev–Trinajstić information content (AvgIpc) is 3.00. The highest BCUT2D eigenvalue weighted by Crippen LogP contribution is 2.34. The molecule has 1 aromatic heterocycles. The Bertz CT molecular complexity index is 644. The van der Waals surface area contributed by atoms with Gasteiger partial charge in [0, 0.05) is 31.9 Å². The number of nitrogens with zero attached hydrogens (tertiary/aromatic N) is 3. The third-order valence-electron chi connectivity index (χ3n) is 3.71. The van der Waals surface area contributed by atoms with E-state index in [0.29, 0.717) is 26.1 Å². The molecule has 1 aromatic rings. The lowest BCUT2D eigenvalue weighted by molar-refractivity contribution is -0.137. The van der Waals surface area contributed by atoms with Gasteiger partial charge in [-0.1, -0.05) is 11.6 Å². The second-order valence-corrected chi connectivity index (χ2v) is 6.12. The second-order valence-electron chi connectivity index (χ2n) is 5.71. The molecule has 12 heteroatoms. The molecule has 154 valence electrons. The van der Waals surface area contributed by atoms with E-state index < -0.39 is 24.7 Å². The van der Waals surface area contributed by atoms with Gasteiger partial charge < -0.3 is 15.5 Å². The summed E-state index contributed by atoms with van der Waals surface area (Å²) >= 11 is 5.96. The fourth-order valence-electron chi connectivity index (χ4n) is 2.56. The number of alkyl halides is 5. The third-order valence-corrected chi connectivity index (χ3v) is 3.99. The zero-order valence-electron chi connectivity index (χ0n) is 14.4. The molecular formula is C15H20ClF5IN5. The van der Waals surface area contributed by atoms with Crippen molar-refractivity contribution in [2.45, 2.75) is 32.0 Å². The topological polar surface area (TPSA) is 52.6 Å². The molecule has 1 aliphatic rings. The van der Waals surface area contributed by atoms with E-state index in [-0.39, 0.29) is 46.8 Å². The van der Waals surface area contributed by atoms with E-state index in [2.05, 4.69) is 20.6 Å². The highest BCUT2D eigenvalue weighted by Gasteiger charge is 2.33. The van der Waals surface area contributed by atoms with Crippen molar-refractivity contribution >= 4 is 47.4 Å². The van der Waals surface area contributed by atoms with E-state index in [4.69, 9.17) is 11.6 Å². The highest BCUT2D eigenvalue weighted by molar-refractivity contribution is 14.0. The molecule has 0 aromatic carbocycles. The summed E-state index contributed by atoms with van der Waals surface area (Å²) < 4.78 is 62.7. The van der Waals surface area contributed by atoms with E-state index in [0.717, 1.165) is 12.3 Å². The molecule has 1 aliphatic heterocycles. The smallest absolute Gasteiger partial charge is 0.357 e. The van der Waals surface area contributed by atoms with Gasteiger partial charge in [-0.2, -0.15) is 13.2 Å². The van der Waals surface area contributed by atoms with Crippen LogP contribution in [0.5, 0.6) is 0 Å². The lowest BCUT2D eigenvalue weighted by Crippen LogP contribution is -2.45. The molecule has 1 unspecified atom stereocenters. The number of halogens is 7. The van der Waals surface area contributed by atoms with E-state index in [9.17, 15) is 22.0 Å². The first-order valence-electron chi connectivity index (χ1n) is 8.01. The molecule has 0 bridgehead atoms. The van der Waals surface area contributed by atoms with Crippen molar-refractivity contribution in [2.75, 3.05) is 31.1 Å². The number of anilines is 1. The molecule has 2 heterocycles. The Morgan fingerprint density at radius 3 is 2.70 bits per heavy atom. The zero-order chi connectivity index (χ0) is 19.3. The largest absolute Gasteiger partial charge is 0.417 e. The summed E-state index contributed by atoms with van der Waals surface area (Å²) in [6, 6.07) is 0.726. The average molecular weight is 528 g/mol. The van der Waals surface area contributed by atoms with Crippen LogP contribution in [0.1, 0.15) is 18.9 Å². The molecular weight excluding hydrogens is 508 g/mol. The first-order chi connectivity index (χ1) is 12.2. The van der Waals surface area contributed by atoms with Gasteiger partial charge in [-0.15, -0.1) is 24.0 Å². The van der Waals surface area contributed by atoms with Crippen molar-refractivity contribution in [3.05, 3.63) is 22.8 Å². The maximum Gasteiger partial charge on any atom is 0.417 e. The number of rotatable bonds is 5. The van der Waals surface area contributed by atoms with Gasteiger partial charge in [-0.25, -0.2) is 18.8 Å². The quantitative estimate of drug-likeness (QED) is 0.265. The first kappa shape index (κ1) is 23.9. The maximum atomic E-state index is 12.7. The van der Waals surface area contributed by atoms with Gasteiger partial charge in [0.05, 0.1) is 10.6 Å². The van der Waals surface area contributed by atoms with E-state index in [1.807, 2.05) is 6.92 Å². The van der Waals surface area contributed by atoms with Gasteiger partial charge in [-0.3, -0.25) is 0 Å².